The van der Waals surface area contributed by atoms with Crippen LogP contribution >= 0.6 is 0 Å². The Morgan fingerprint density at radius 3 is 2.77 bits per heavy atom. The van der Waals surface area contributed by atoms with Crippen LogP contribution in [0.4, 0.5) is 14.6 Å². The summed E-state index contributed by atoms with van der Waals surface area (Å²) in [5.41, 5.74) is 2.94. The minimum absolute atomic E-state index is 0.140. The number of fused-ring (bicyclic) bond motifs is 1. The van der Waals surface area contributed by atoms with Gasteiger partial charge in [0.2, 0.25) is 0 Å². The molecule has 182 valence electrons. The summed E-state index contributed by atoms with van der Waals surface area (Å²) in [4.78, 5) is 6.22. The summed E-state index contributed by atoms with van der Waals surface area (Å²) in [6.45, 7) is 7.87. The smallest absolute Gasteiger partial charge is 0.179 e. The van der Waals surface area contributed by atoms with Gasteiger partial charge in [0.05, 0.1) is 29.1 Å². The van der Waals surface area contributed by atoms with Gasteiger partial charge in [-0.05, 0) is 51.5 Å². The number of pyridine rings is 1. The lowest BCUT2D eigenvalue weighted by Crippen LogP contribution is -2.33. The van der Waals surface area contributed by atoms with Gasteiger partial charge in [-0.3, -0.25) is 4.98 Å². The van der Waals surface area contributed by atoms with Crippen molar-refractivity contribution in [2.75, 3.05) is 24.6 Å². The van der Waals surface area contributed by atoms with E-state index in [1.807, 2.05) is 20.8 Å². The van der Waals surface area contributed by atoms with Crippen LogP contribution < -0.4 is 15.0 Å². The van der Waals surface area contributed by atoms with Gasteiger partial charge < -0.3 is 15.0 Å². The predicted molar refractivity (Wildman–Crippen MR) is 129 cm³/mol. The summed E-state index contributed by atoms with van der Waals surface area (Å²) in [5, 5.41) is 17.8. The zero-order chi connectivity index (χ0) is 24.5. The molecule has 35 heavy (non-hydrogen) atoms. The molecule has 0 aliphatic carbocycles. The first-order chi connectivity index (χ1) is 17.0. The monoisotopic (exact) mass is 479 g/mol. The van der Waals surface area contributed by atoms with Crippen molar-refractivity contribution in [3.05, 3.63) is 65.2 Å². The van der Waals surface area contributed by atoms with Crippen LogP contribution in [0, 0.1) is 25.5 Å². The van der Waals surface area contributed by atoms with E-state index < -0.39 is 5.82 Å². The van der Waals surface area contributed by atoms with Crippen molar-refractivity contribution in [3.8, 4) is 11.4 Å². The van der Waals surface area contributed by atoms with E-state index in [0.29, 0.717) is 48.2 Å². The number of hydrogen-bond donors (Lipinski definition) is 1. The molecule has 3 aromatic heterocycles. The zero-order valence-corrected chi connectivity index (χ0v) is 19.9. The van der Waals surface area contributed by atoms with Crippen molar-refractivity contribution >= 4 is 16.7 Å². The van der Waals surface area contributed by atoms with E-state index in [4.69, 9.17) is 9.84 Å². The first-order valence-corrected chi connectivity index (χ1v) is 11.7. The average molecular weight is 480 g/mol. The first kappa shape index (κ1) is 23.1. The second kappa shape index (κ2) is 9.53. The molecule has 1 fully saturated rings. The van der Waals surface area contributed by atoms with Gasteiger partial charge in [0.25, 0.3) is 0 Å². The fraction of sp³-hybridized carbons (Fsp3) is 0.360. The van der Waals surface area contributed by atoms with Crippen LogP contribution in [0.1, 0.15) is 30.4 Å². The highest BCUT2D eigenvalue weighted by Gasteiger charge is 2.28. The van der Waals surface area contributed by atoms with Crippen LogP contribution in [-0.4, -0.2) is 50.7 Å². The lowest BCUT2D eigenvalue weighted by Gasteiger charge is -2.18. The molecule has 5 rings (SSSR count). The number of nitrogens with zero attached hydrogens (tertiary/aromatic N) is 6. The number of halogens is 2. The molecular weight excluding hydrogens is 452 g/mol. The van der Waals surface area contributed by atoms with Crippen molar-refractivity contribution in [2.45, 2.75) is 39.8 Å². The molecule has 1 atom stereocenters. The molecule has 1 aliphatic heterocycles. The Morgan fingerprint density at radius 1 is 1.14 bits per heavy atom. The Kier molecular flexibility index (Phi) is 6.29. The summed E-state index contributed by atoms with van der Waals surface area (Å²) >= 11 is 0. The number of benzene rings is 1. The van der Waals surface area contributed by atoms with Gasteiger partial charge in [0.1, 0.15) is 22.8 Å². The highest BCUT2D eigenvalue weighted by molar-refractivity contribution is 5.92. The van der Waals surface area contributed by atoms with Gasteiger partial charge in [0.15, 0.2) is 11.6 Å². The Balaban J connectivity index is 1.42. The van der Waals surface area contributed by atoms with E-state index >= 15 is 0 Å². The topological polar surface area (TPSA) is 81.0 Å². The maximum absolute atomic E-state index is 15.0. The number of aryl methyl sites for hydroxylation is 2. The van der Waals surface area contributed by atoms with E-state index in [1.165, 1.54) is 12.1 Å². The fourth-order valence-corrected chi connectivity index (χ4v) is 4.58. The molecule has 1 aromatic carbocycles. The van der Waals surface area contributed by atoms with Crippen LogP contribution in [-0.2, 0) is 6.54 Å². The lowest BCUT2D eigenvalue weighted by molar-refractivity contribution is 0.338. The largest absolute Gasteiger partial charge is 0.494 e. The van der Waals surface area contributed by atoms with Crippen LogP contribution in [0.25, 0.3) is 16.6 Å². The summed E-state index contributed by atoms with van der Waals surface area (Å²) in [5.74, 6) is 0.402. The minimum Gasteiger partial charge on any atom is -0.494 e. The fourth-order valence-electron chi connectivity index (χ4n) is 4.58. The van der Waals surface area contributed by atoms with Gasteiger partial charge in [-0.2, -0.15) is 10.2 Å². The molecular formula is C25H27F2N7O. The molecule has 0 radical (unpaired) electrons. The number of nitrogens with one attached hydrogen (secondary N) is 1. The summed E-state index contributed by atoms with van der Waals surface area (Å²) in [6, 6.07) is 7.91. The van der Waals surface area contributed by atoms with Crippen LogP contribution in [0.5, 0.6) is 5.75 Å². The lowest BCUT2D eigenvalue weighted by atomic mass is 10.2. The Hall–Kier alpha value is -3.66. The molecule has 0 unspecified atom stereocenters. The molecule has 1 aliphatic rings. The third-order valence-electron chi connectivity index (χ3n) is 6.32. The van der Waals surface area contributed by atoms with E-state index in [9.17, 15) is 8.78 Å². The van der Waals surface area contributed by atoms with E-state index in [0.717, 1.165) is 29.7 Å². The second-order valence-electron chi connectivity index (χ2n) is 8.62. The quantitative estimate of drug-likeness (QED) is 0.431. The van der Waals surface area contributed by atoms with E-state index in [1.54, 1.807) is 29.1 Å². The standard InChI is InChI=1S/C25H27F2N7O/c1-4-35-18-7-8-22(20(27)12-18)34-16(3)23-15(2)30-31-25(24(23)32-34)33-11-9-17(14-33)29-13-21-19(26)6-5-10-28-21/h5-8,10,12,17,29H,4,9,11,13-14H2,1-3H3/t17-/m0/s1. The molecule has 4 aromatic rings. The van der Waals surface area contributed by atoms with Gasteiger partial charge in [-0.25, -0.2) is 13.5 Å². The van der Waals surface area contributed by atoms with Gasteiger partial charge in [-0.15, -0.1) is 5.10 Å². The molecule has 0 spiro atoms. The molecule has 0 bridgehead atoms. The van der Waals surface area contributed by atoms with Gasteiger partial charge >= 0.3 is 0 Å². The first-order valence-electron chi connectivity index (χ1n) is 11.7. The number of anilines is 1. The maximum Gasteiger partial charge on any atom is 0.179 e. The Morgan fingerprint density at radius 2 is 2.00 bits per heavy atom. The average Bonchev–Trinajstić information content (AvgIpc) is 3.45. The number of ether oxygens (including phenoxy) is 1. The summed E-state index contributed by atoms with van der Waals surface area (Å²) in [7, 11) is 0. The summed E-state index contributed by atoms with van der Waals surface area (Å²) < 4.78 is 35.9. The van der Waals surface area contributed by atoms with Crippen LogP contribution in [0.3, 0.4) is 0 Å². The van der Waals surface area contributed by atoms with Gasteiger partial charge in [-0.1, -0.05) is 0 Å². The van der Waals surface area contributed by atoms with Crippen molar-refractivity contribution in [1.29, 1.82) is 0 Å². The highest BCUT2D eigenvalue weighted by atomic mass is 19.1. The molecule has 10 heteroatoms. The van der Waals surface area contributed by atoms with Gasteiger partial charge in [0, 0.05) is 37.9 Å². The SMILES string of the molecule is CCOc1ccc(-n2nc3c(N4CC[C@H](NCc5ncccc5F)C4)nnc(C)c3c2C)c(F)c1. The number of aromatic nitrogens is 5. The van der Waals surface area contributed by atoms with Crippen LogP contribution in [0.2, 0.25) is 0 Å². The zero-order valence-electron chi connectivity index (χ0n) is 19.9. The summed E-state index contributed by atoms with van der Waals surface area (Å²) in [6.07, 6.45) is 2.45. The minimum atomic E-state index is -0.417. The highest BCUT2D eigenvalue weighted by Crippen LogP contribution is 2.32. The van der Waals surface area contributed by atoms with Crippen LogP contribution in [0.15, 0.2) is 36.5 Å². The van der Waals surface area contributed by atoms with Crippen molar-refractivity contribution in [2.24, 2.45) is 0 Å². The van der Waals surface area contributed by atoms with E-state index in [-0.39, 0.29) is 11.9 Å². The third-order valence-corrected chi connectivity index (χ3v) is 6.32. The van der Waals surface area contributed by atoms with Crippen molar-refractivity contribution in [3.63, 3.8) is 0 Å². The number of rotatable bonds is 7. The molecule has 0 saturated carbocycles. The molecule has 4 heterocycles. The Labute approximate surface area is 201 Å². The van der Waals surface area contributed by atoms with E-state index in [2.05, 4.69) is 25.4 Å². The maximum atomic E-state index is 15.0. The van der Waals surface area contributed by atoms with Crippen molar-refractivity contribution in [1.82, 2.24) is 30.3 Å². The third kappa shape index (κ3) is 4.41. The molecule has 1 saturated heterocycles. The predicted octanol–water partition coefficient (Wildman–Crippen LogP) is 3.87. The normalized spacial score (nSPS) is 15.8. The molecule has 8 nitrogen and oxygen atoms in total. The molecule has 0 amide bonds. The second-order valence-corrected chi connectivity index (χ2v) is 8.62. The van der Waals surface area contributed by atoms with Crippen molar-refractivity contribution < 1.29 is 13.5 Å². The molecule has 1 N–H and O–H groups in total. The number of hydrogen-bond acceptors (Lipinski definition) is 7. The Bertz CT molecular complexity index is 1370.